The molecule has 1 aliphatic rings. The van der Waals surface area contributed by atoms with E-state index in [0.29, 0.717) is 5.88 Å². The number of hydrogen-bond donors (Lipinski definition) is 0. The van der Waals surface area contributed by atoms with Crippen LogP contribution in [-0.2, 0) is 12.4 Å². The molecule has 0 N–H and O–H groups in total. The van der Waals surface area contributed by atoms with Crippen molar-refractivity contribution in [1.29, 1.82) is 0 Å². The molecule has 2 heterocycles. The van der Waals surface area contributed by atoms with Crippen LogP contribution in [0.1, 0.15) is 11.1 Å². The average molecular weight is 302 g/mol. The fourth-order valence-corrected chi connectivity index (χ4v) is 2.86. The van der Waals surface area contributed by atoms with Gasteiger partial charge in [-0.1, -0.05) is 30.3 Å². The molecule has 0 aliphatic carbocycles. The topological polar surface area (TPSA) is 19.4 Å². The molecule has 1 saturated heterocycles. The van der Waals surface area contributed by atoms with Gasteiger partial charge in [-0.15, -0.1) is 11.6 Å². The summed E-state index contributed by atoms with van der Waals surface area (Å²) in [5, 5.41) is 0. The Balaban J connectivity index is 1.57. The standard InChI is InChI=1S/C17H20ClN3/c18-13-16-6-7-19-17(12-16)21-10-8-20(9-11-21)14-15-4-2-1-3-5-15/h1-7,12H,8-11,13-14H2. The van der Waals surface area contributed by atoms with Crippen LogP contribution in [0.15, 0.2) is 48.7 Å². The maximum absolute atomic E-state index is 5.90. The van der Waals surface area contributed by atoms with Crippen molar-refractivity contribution in [2.24, 2.45) is 0 Å². The molecular weight excluding hydrogens is 282 g/mol. The minimum Gasteiger partial charge on any atom is -0.354 e. The summed E-state index contributed by atoms with van der Waals surface area (Å²) in [5.74, 6) is 1.59. The Labute approximate surface area is 131 Å². The molecular formula is C17H20ClN3. The van der Waals surface area contributed by atoms with E-state index in [9.17, 15) is 0 Å². The lowest BCUT2D eigenvalue weighted by molar-refractivity contribution is 0.249. The Bertz CT molecular complexity index is 565. The Morgan fingerprint density at radius 2 is 1.71 bits per heavy atom. The predicted molar refractivity (Wildman–Crippen MR) is 87.7 cm³/mol. The van der Waals surface area contributed by atoms with E-state index in [4.69, 9.17) is 11.6 Å². The zero-order chi connectivity index (χ0) is 14.5. The van der Waals surface area contributed by atoms with Crippen molar-refractivity contribution in [3.05, 3.63) is 59.8 Å². The zero-order valence-electron chi connectivity index (χ0n) is 12.1. The second-order valence-corrected chi connectivity index (χ2v) is 5.67. The molecule has 4 heteroatoms. The van der Waals surface area contributed by atoms with Crippen molar-refractivity contribution in [3.8, 4) is 0 Å². The molecule has 3 nitrogen and oxygen atoms in total. The molecule has 0 saturated carbocycles. The van der Waals surface area contributed by atoms with Gasteiger partial charge in [0.05, 0.1) is 0 Å². The molecule has 0 unspecified atom stereocenters. The van der Waals surface area contributed by atoms with Crippen molar-refractivity contribution in [2.75, 3.05) is 31.1 Å². The largest absolute Gasteiger partial charge is 0.354 e. The van der Waals surface area contributed by atoms with Crippen LogP contribution in [0.3, 0.4) is 0 Å². The Hall–Kier alpha value is -1.58. The molecule has 0 radical (unpaired) electrons. The first-order chi connectivity index (χ1) is 10.3. The van der Waals surface area contributed by atoms with Crippen molar-refractivity contribution < 1.29 is 0 Å². The SMILES string of the molecule is ClCc1ccnc(N2CCN(Cc3ccccc3)CC2)c1. The van der Waals surface area contributed by atoms with E-state index in [1.807, 2.05) is 12.3 Å². The summed E-state index contributed by atoms with van der Waals surface area (Å²) < 4.78 is 0. The summed E-state index contributed by atoms with van der Waals surface area (Å²) in [4.78, 5) is 9.31. The van der Waals surface area contributed by atoms with E-state index in [2.05, 4.69) is 51.2 Å². The number of piperazine rings is 1. The van der Waals surface area contributed by atoms with Gasteiger partial charge in [0.15, 0.2) is 0 Å². The molecule has 3 rings (SSSR count). The number of alkyl halides is 1. The molecule has 1 fully saturated rings. The second-order valence-electron chi connectivity index (χ2n) is 5.40. The van der Waals surface area contributed by atoms with E-state index >= 15 is 0 Å². The first-order valence-electron chi connectivity index (χ1n) is 7.37. The summed E-state index contributed by atoms with van der Waals surface area (Å²) in [7, 11) is 0. The van der Waals surface area contributed by atoms with Gasteiger partial charge >= 0.3 is 0 Å². The van der Waals surface area contributed by atoms with E-state index in [1.165, 1.54) is 5.56 Å². The lowest BCUT2D eigenvalue weighted by Gasteiger charge is -2.35. The number of rotatable bonds is 4. The smallest absolute Gasteiger partial charge is 0.128 e. The Morgan fingerprint density at radius 3 is 2.43 bits per heavy atom. The number of hydrogen-bond acceptors (Lipinski definition) is 3. The fourth-order valence-electron chi connectivity index (χ4n) is 2.69. The van der Waals surface area contributed by atoms with Gasteiger partial charge in [0, 0.05) is 44.8 Å². The van der Waals surface area contributed by atoms with E-state index < -0.39 is 0 Å². The van der Waals surface area contributed by atoms with Crippen LogP contribution in [0, 0.1) is 0 Å². The van der Waals surface area contributed by atoms with Gasteiger partial charge in [-0.25, -0.2) is 4.98 Å². The van der Waals surface area contributed by atoms with Crippen LogP contribution in [0.2, 0.25) is 0 Å². The monoisotopic (exact) mass is 301 g/mol. The second kappa shape index (κ2) is 6.92. The zero-order valence-corrected chi connectivity index (χ0v) is 12.8. The molecule has 110 valence electrons. The summed E-state index contributed by atoms with van der Waals surface area (Å²) in [5.41, 5.74) is 2.52. The molecule has 0 bridgehead atoms. The quantitative estimate of drug-likeness (QED) is 0.809. The van der Waals surface area contributed by atoms with Gasteiger partial charge in [-0.3, -0.25) is 4.90 Å². The minimum atomic E-state index is 0.545. The third kappa shape index (κ3) is 3.74. The van der Waals surface area contributed by atoms with Gasteiger partial charge in [0.2, 0.25) is 0 Å². The molecule has 0 atom stereocenters. The first kappa shape index (κ1) is 14.4. The third-order valence-electron chi connectivity index (χ3n) is 3.91. The third-order valence-corrected chi connectivity index (χ3v) is 4.22. The number of pyridine rings is 1. The normalized spacial score (nSPS) is 16.1. The summed E-state index contributed by atoms with van der Waals surface area (Å²) in [6.45, 7) is 5.21. The maximum atomic E-state index is 5.90. The molecule has 1 aromatic carbocycles. The predicted octanol–water partition coefficient (Wildman–Crippen LogP) is 3.14. The van der Waals surface area contributed by atoms with Crippen LogP contribution >= 0.6 is 11.6 Å². The molecule has 2 aromatic rings. The van der Waals surface area contributed by atoms with Crippen LogP contribution in [-0.4, -0.2) is 36.1 Å². The van der Waals surface area contributed by atoms with Crippen molar-refractivity contribution in [2.45, 2.75) is 12.4 Å². The highest BCUT2D eigenvalue weighted by Crippen LogP contribution is 2.17. The van der Waals surface area contributed by atoms with Gasteiger partial charge < -0.3 is 4.90 Å². The van der Waals surface area contributed by atoms with Gasteiger partial charge in [-0.05, 0) is 23.3 Å². The van der Waals surface area contributed by atoms with Gasteiger partial charge in [0.1, 0.15) is 5.82 Å². The number of nitrogens with zero attached hydrogens (tertiary/aromatic N) is 3. The highest BCUT2D eigenvalue weighted by molar-refractivity contribution is 6.17. The minimum absolute atomic E-state index is 0.545. The number of anilines is 1. The highest BCUT2D eigenvalue weighted by atomic mass is 35.5. The molecule has 1 aliphatic heterocycles. The Morgan fingerprint density at radius 1 is 0.952 bits per heavy atom. The fraction of sp³-hybridized carbons (Fsp3) is 0.353. The van der Waals surface area contributed by atoms with E-state index in [1.54, 1.807) is 0 Å². The lowest BCUT2D eigenvalue weighted by Crippen LogP contribution is -2.46. The number of benzene rings is 1. The van der Waals surface area contributed by atoms with Crippen molar-refractivity contribution in [3.63, 3.8) is 0 Å². The number of halogens is 1. The van der Waals surface area contributed by atoms with Gasteiger partial charge in [0.25, 0.3) is 0 Å². The van der Waals surface area contributed by atoms with E-state index in [-0.39, 0.29) is 0 Å². The molecule has 0 amide bonds. The van der Waals surface area contributed by atoms with Crippen molar-refractivity contribution in [1.82, 2.24) is 9.88 Å². The van der Waals surface area contributed by atoms with Crippen LogP contribution in [0.5, 0.6) is 0 Å². The van der Waals surface area contributed by atoms with Gasteiger partial charge in [-0.2, -0.15) is 0 Å². The summed E-state index contributed by atoms with van der Waals surface area (Å²) >= 11 is 5.90. The maximum Gasteiger partial charge on any atom is 0.128 e. The summed E-state index contributed by atoms with van der Waals surface area (Å²) in [6.07, 6.45) is 1.85. The van der Waals surface area contributed by atoms with Crippen LogP contribution < -0.4 is 4.90 Å². The highest BCUT2D eigenvalue weighted by Gasteiger charge is 2.18. The first-order valence-corrected chi connectivity index (χ1v) is 7.91. The molecule has 1 aromatic heterocycles. The summed E-state index contributed by atoms with van der Waals surface area (Å²) in [6, 6.07) is 14.7. The Kier molecular flexibility index (Phi) is 4.73. The van der Waals surface area contributed by atoms with Crippen LogP contribution in [0.25, 0.3) is 0 Å². The lowest BCUT2D eigenvalue weighted by atomic mass is 10.2. The molecule has 21 heavy (non-hydrogen) atoms. The van der Waals surface area contributed by atoms with E-state index in [0.717, 1.165) is 44.1 Å². The van der Waals surface area contributed by atoms with Crippen molar-refractivity contribution >= 4 is 17.4 Å². The van der Waals surface area contributed by atoms with Crippen LogP contribution in [0.4, 0.5) is 5.82 Å². The average Bonchev–Trinajstić information content (AvgIpc) is 2.56. The molecule has 0 spiro atoms. The number of aromatic nitrogens is 1.